The van der Waals surface area contributed by atoms with Gasteiger partial charge in [-0.1, -0.05) is 57.2 Å². The molecule has 33 heavy (non-hydrogen) atoms. The minimum Gasteiger partial charge on any atom is -0.481 e. The number of benzene rings is 2. The van der Waals surface area contributed by atoms with Crippen LogP contribution in [0.15, 0.2) is 60.8 Å². The lowest BCUT2D eigenvalue weighted by molar-refractivity contribution is -0.136. The van der Waals surface area contributed by atoms with Crippen LogP contribution >= 0.6 is 0 Å². The smallest absolute Gasteiger partial charge is 0.327 e. The molecule has 0 bridgehead atoms. The number of aliphatic carboxylic acids is 1. The van der Waals surface area contributed by atoms with E-state index in [-0.39, 0.29) is 17.9 Å². The molecule has 170 valence electrons. The number of anilines is 1. The zero-order chi connectivity index (χ0) is 23.6. The van der Waals surface area contributed by atoms with Crippen LogP contribution in [0, 0.1) is 0 Å². The lowest BCUT2D eigenvalue weighted by Gasteiger charge is -2.24. The molecular formula is C26H28N4O3. The number of nitrogens with zero attached hydrogens (tertiary/aromatic N) is 3. The predicted molar refractivity (Wildman–Crippen MR) is 128 cm³/mol. The van der Waals surface area contributed by atoms with Gasteiger partial charge in [0.1, 0.15) is 5.82 Å². The molecule has 1 aromatic heterocycles. The molecular weight excluding hydrogens is 416 g/mol. The van der Waals surface area contributed by atoms with Gasteiger partial charge in [-0.15, -0.1) is 0 Å². The summed E-state index contributed by atoms with van der Waals surface area (Å²) in [6, 6.07) is 17.2. The van der Waals surface area contributed by atoms with Gasteiger partial charge < -0.3 is 5.11 Å². The molecule has 1 aliphatic rings. The summed E-state index contributed by atoms with van der Waals surface area (Å²) in [6.45, 7) is 6.69. The highest BCUT2D eigenvalue weighted by atomic mass is 16.4. The van der Waals surface area contributed by atoms with E-state index in [0.717, 1.165) is 28.1 Å². The lowest BCUT2D eigenvalue weighted by atomic mass is 9.92. The summed E-state index contributed by atoms with van der Waals surface area (Å²) in [5, 5.41) is 16.8. The molecule has 0 saturated heterocycles. The SMILES string of the molecule is CC(C)(C)c1cc(NC(=O)N2C=Cc3ccccc3C2)n(-c2cccc(CCC(=O)O)c2)n1. The number of carboxylic acid groups (broad SMARTS) is 1. The molecule has 1 aliphatic heterocycles. The maximum atomic E-state index is 13.1. The molecule has 0 atom stereocenters. The summed E-state index contributed by atoms with van der Waals surface area (Å²) in [5.41, 5.74) is 4.49. The van der Waals surface area contributed by atoms with Crippen LogP contribution in [-0.4, -0.2) is 31.8 Å². The van der Waals surface area contributed by atoms with Crippen LogP contribution in [0.4, 0.5) is 10.6 Å². The summed E-state index contributed by atoms with van der Waals surface area (Å²) >= 11 is 0. The fourth-order valence-electron chi connectivity index (χ4n) is 3.70. The third-order valence-corrected chi connectivity index (χ3v) is 5.59. The molecule has 7 heteroatoms. The molecule has 0 fully saturated rings. The number of nitrogens with one attached hydrogen (secondary N) is 1. The minimum absolute atomic E-state index is 0.0577. The van der Waals surface area contributed by atoms with Crippen molar-refractivity contribution in [2.24, 2.45) is 0 Å². The van der Waals surface area contributed by atoms with Gasteiger partial charge >= 0.3 is 12.0 Å². The fourth-order valence-corrected chi connectivity index (χ4v) is 3.70. The number of carboxylic acids is 1. The van der Waals surface area contributed by atoms with Crippen LogP contribution in [-0.2, 0) is 23.2 Å². The highest BCUT2D eigenvalue weighted by Gasteiger charge is 2.23. The fraction of sp³-hybridized carbons (Fsp3) is 0.269. The standard InChI is InChI=1S/C26H28N4O3/c1-26(2,3)22-16-23(27-25(33)29-14-13-19-8-4-5-9-20(19)17-29)30(28-22)21-10-6-7-18(15-21)11-12-24(31)32/h4-10,13-16H,11-12,17H2,1-3H3,(H,27,33)(H,31,32). The molecule has 4 rings (SSSR count). The topological polar surface area (TPSA) is 87.5 Å². The molecule has 0 radical (unpaired) electrons. The molecule has 7 nitrogen and oxygen atoms in total. The molecule has 3 aromatic rings. The number of hydrogen-bond donors (Lipinski definition) is 2. The van der Waals surface area contributed by atoms with Crippen LogP contribution in [0.3, 0.4) is 0 Å². The molecule has 2 aromatic carbocycles. The summed E-state index contributed by atoms with van der Waals surface area (Å²) in [7, 11) is 0. The third kappa shape index (κ3) is 5.14. The molecule has 2 N–H and O–H groups in total. The molecule has 0 spiro atoms. The average Bonchev–Trinajstić information content (AvgIpc) is 3.22. The molecule has 2 amide bonds. The van der Waals surface area contributed by atoms with Gasteiger partial charge in [0.2, 0.25) is 0 Å². The van der Waals surface area contributed by atoms with E-state index in [0.29, 0.717) is 18.8 Å². The van der Waals surface area contributed by atoms with E-state index in [1.54, 1.807) is 15.8 Å². The summed E-state index contributed by atoms with van der Waals surface area (Å²) in [4.78, 5) is 25.7. The first kappa shape index (κ1) is 22.3. The van der Waals surface area contributed by atoms with Gasteiger partial charge in [0.25, 0.3) is 0 Å². The molecule has 0 saturated carbocycles. The summed E-state index contributed by atoms with van der Waals surface area (Å²) in [6.07, 6.45) is 4.20. The highest BCUT2D eigenvalue weighted by Crippen LogP contribution is 2.28. The maximum absolute atomic E-state index is 13.1. The number of aryl methyl sites for hydroxylation is 1. The number of hydrogen-bond acceptors (Lipinski definition) is 3. The zero-order valence-electron chi connectivity index (χ0n) is 19.1. The van der Waals surface area contributed by atoms with Crippen molar-refractivity contribution >= 4 is 23.9 Å². The van der Waals surface area contributed by atoms with Crippen molar-refractivity contribution in [1.82, 2.24) is 14.7 Å². The quantitative estimate of drug-likeness (QED) is 0.566. The van der Waals surface area contributed by atoms with E-state index in [9.17, 15) is 9.59 Å². The first-order valence-corrected chi connectivity index (χ1v) is 11.0. The van der Waals surface area contributed by atoms with Crippen molar-refractivity contribution in [2.45, 2.75) is 45.6 Å². The number of aromatic nitrogens is 2. The summed E-state index contributed by atoms with van der Waals surface area (Å²) < 4.78 is 1.71. The second-order valence-corrected chi connectivity index (χ2v) is 9.21. The van der Waals surface area contributed by atoms with Crippen molar-refractivity contribution in [1.29, 1.82) is 0 Å². The van der Waals surface area contributed by atoms with Crippen molar-refractivity contribution in [3.8, 4) is 5.69 Å². The molecule has 0 aliphatic carbocycles. The first-order chi connectivity index (χ1) is 15.7. The van der Waals surface area contributed by atoms with Gasteiger partial charge in [-0.05, 0) is 41.3 Å². The largest absolute Gasteiger partial charge is 0.481 e. The minimum atomic E-state index is -0.835. The second-order valence-electron chi connectivity index (χ2n) is 9.21. The van der Waals surface area contributed by atoms with E-state index < -0.39 is 5.97 Å². The van der Waals surface area contributed by atoms with Gasteiger partial charge in [-0.2, -0.15) is 5.10 Å². The second kappa shape index (κ2) is 8.94. The van der Waals surface area contributed by atoms with Crippen molar-refractivity contribution < 1.29 is 14.7 Å². The van der Waals surface area contributed by atoms with Crippen molar-refractivity contribution in [2.75, 3.05) is 5.32 Å². The van der Waals surface area contributed by atoms with Crippen molar-refractivity contribution in [3.05, 3.63) is 83.2 Å². The molecule has 2 heterocycles. The monoisotopic (exact) mass is 444 g/mol. The van der Waals surface area contributed by atoms with Crippen LogP contribution < -0.4 is 5.32 Å². The van der Waals surface area contributed by atoms with Crippen molar-refractivity contribution in [3.63, 3.8) is 0 Å². The Morgan fingerprint density at radius 1 is 1.09 bits per heavy atom. The summed E-state index contributed by atoms with van der Waals surface area (Å²) in [5.74, 6) is -0.272. The number of fused-ring (bicyclic) bond motifs is 1. The Morgan fingerprint density at radius 2 is 1.88 bits per heavy atom. The predicted octanol–water partition coefficient (Wildman–Crippen LogP) is 5.21. The van der Waals surface area contributed by atoms with Crippen LogP contribution in [0.25, 0.3) is 11.8 Å². The Kier molecular flexibility index (Phi) is 6.05. The van der Waals surface area contributed by atoms with E-state index in [4.69, 9.17) is 10.2 Å². The first-order valence-electron chi connectivity index (χ1n) is 11.0. The van der Waals surface area contributed by atoms with E-state index in [1.165, 1.54) is 0 Å². The van der Waals surface area contributed by atoms with Gasteiger partial charge in [0.15, 0.2) is 0 Å². The zero-order valence-corrected chi connectivity index (χ0v) is 19.1. The van der Waals surface area contributed by atoms with Gasteiger partial charge in [-0.25, -0.2) is 9.48 Å². The number of carbonyl (C=O) groups excluding carboxylic acids is 1. The average molecular weight is 445 g/mol. The number of rotatable bonds is 5. The van der Waals surface area contributed by atoms with E-state index >= 15 is 0 Å². The number of urea groups is 1. The van der Waals surface area contributed by atoms with Gasteiger partial charge in [0.05, 0.1) is 17.9 Å². The van der Waals surface area contributed by atoms with Crippen LogP contribution in [0.5, 0.6) is 0 Å². The molecule has 0 unspecified atom stereocenters. The Hall–Kier alpha value is -3.87. The van der Waals surface area contributed by atoms with Crippen LogP contribution in [0.1, 0.15) is 49.6 Å². The Morgan fingerprint density at radius 3 is 2.64 bits per heavy atom. The Balaban J connectivity index is 1.62. The highest BCUT2D eigenvalue weighted by molar-refractivity contribution is 5.90. The third-order valence-electron chi connectivity index (χ3n) is 5.59. The normalized spacial score (nSPS) is 13.0. The number of amides is 2. The van der Waals surface area contributed by atoms with E-state index in [1.807, 2.05) is 60.7 Å². The van der Waals surface area contributed by atoms with Gasteiger partial charge in [-0.3, -0.25) is 15.0 Å². The Bertz CT molecular complexity index is 1220. The van der Waals surface area contributed by atoms with Crippen LogP contribution in [0.2, 0.25) is 0 Å². The number of carbonyl (C=O) groups is 2. The maximum Gasteiger partial charge on any atom is 0.327 e. The van der Waals surface area contributed by atoms with E-state index in [2.05, 4.69) is 26.1 Å². The lowest BCUT2D eigenvalue weighted by Crippen LogP contribution is -2.32. The Labute approximate surface area is 193 Å². The van der Waals surface area contributed by atoms with Gasteiger partial charge in [0, 0.05) is 24.1 Å².